The van der Waals surface area contributed by atoms with Crippen LogP contribution in [0, 0.1) is 11.8 Å². The van der Waals surface area contributed by atoms with Gasteiger partial charge in [0.25, 0.3) is 5.78 Å². The van der Waals surface area contributed by atoms with E-state index >= 15 is 0 Å². The molecule has 3 heterocycles. The summed E-state index contributed by atoms with van der Waals surface area (Å²) in [6.45, 7) is 13.7. The molecule has 3 aromatic carbocycles. The van der Waals surface area contributed by atoms with E-state index in [4.69, 9.17) is 13.6 Å². The second-order valence-electron chi connectivity index (χ2n) is 13.7. The lowest BCUT2D eigenvalue weighted by Gasteiger charge is -2.38. The molecule has 2 aliphatic rings. The van der Waals surface area contributed by atoms with Gasteiger partial charge in [-0.25, -0.2) is 0 Å². The Morgan fingerprint density at radius 2 is 1.46 bits per heavy atom. The fraction of sp³-hybridized carbons (Fsp3) is 0.333. The van der Waals surface area contributed by atoms with Crippen molar-refractivity contribution in [3.05, 3.63) is 131 Å². The van der Waals surface area contributed by atoms with Crippen LogP contribution in [-0.2, 0) is 26.0 Å². The molecule has 3 atom stereocenters. The summed E-state index contributed by atoms with van der Waals surface area (Å²) in [5.41, 5.74) is 3.74. The molecular weight excluding hydrogens is 589 g/mol. The second kappa shape index (κ2) is 12.2. The number of rotatable bonds is 9. The number of hydrogen-bond acceptors (Lipinski definition) is 5. The number of aromatic nitrogens is 1. The van der Waals surface area contributed by atoms with Crippen LogP contribution in [0.2, 0.25) is 18.1 Å². The quantitative estimate of drug-likeness (QED) is 0.0284. The molecule has 0 amide bonds. The van der Waals surface area contributed by atoms with Gasteiger partial charge in [0.1, 0.15) is 6.04 Å². The van der Waals surface area contributed by atoms with E-state index in [1.165, 1.54) is 23.8 Å². The van der Waals surface area contributed by atoms with Gasteiger partial charge in [0.05, 0.1) is 19.3 Å². The number of fused-ring (bicyclic) bond motifs is 3. The van der Waals surface area contributed by atoms with Gasteiger partial charge in [-0.15, -0.1) is 0 Å². The van der Waals surface area contributed by atoms with Gasteiger partial charge in [0.2, 0.25) is 12.0 Å². The van der Waals surface area contributed by atoms with E-state index < -0.39 is 13.9 Å². The molecule has 0 radical (unpaired) electrons. The van der Waals surface area contributed by atoms with Crippen LogP contribution >= 0.6 is 0 Å². The standard InChI is InChI=1S/C39H43N2O4Si/c1-28(36(43-5)33(42)24-17-25-44-46(6,7)38(2,3)4)34-27-40-26-32-35(37(40)45-34)41(32)39(29-18-11-8-12-19-29,30-20-13-9-14-21-30)31-22-15-10-16-23-31/h8-16,18-23,27,32,35H,25-26H2,1-7H3/q+1/b36-28+/t32-,35-,41?/m0/s1. The van der Waals surface area contributed by atoms with E-state index in [2.05, 4.69) is 146 Å². The number of carbonyl (C=O) groups excluding carboxylic acids is 1. The van der Waals surface area contributed by atoms with Crippen LogP contribution < -0.4 is 4.57 Å². The molecule has 6 nitrogen and oxygen atoms in total. The maximum Gasteiger partial charge on any atom is 0.367 e. The summed E-state index contributed by atoms with van der Waals surface area (Å²) in [5, 5.41) is 0.0727. The Balaban J connectivity index is 1.32. The Hall–Kier alpha value is -4.22. The van der Waals surface area contributed by atoms with Crippen LogP contribution in [0.4, 0.5) is 0 Å². The first-order valence-electron chi connectivity index (χ1n) is 15.9. The molecule has 1 unspecified atom stereocenters. The molecule has 0 N–H and O–H groups in total. The molecule has 7 heteroatoms. The van der Waals surface area contributed by atoms with Crippen molar-refractivity contribution in [2.75, 3.05) is 13.7 Å². The van der Waals surface area contributed by atoms with Gasteiger partial charge in [-0.3, -0.25) is 9.69 Å². The summed E-state index contributed by atoms with van der Waals surface area (Å²) in [4.78, 5) is 15.7. The molecule has 4 aromatic rings. The van der Waals surface area contributed by atoms with Gasteiger partial charge < -0.3 is 13.6 Å². The van der Waals surface area contributed by atoms with Crippen molar-refractivity contribution >= 4 is 19.7 Å². The fourth-order valence-electron chi connectivity index (χ4n) is 6.48. The van der Waals surface area contributed by atoms with E-state index in [1.54, 1.807) is 0 Å². The minimum atomic E-state index is -1.95. The third-order valence-electron chi connectivity index (χ3n) is 9.94. The van der Waals surface area contributed by atoms with Gasteiger partial charge in [0, 0.05) is 5.57 Å². The van der Waals surface area contributed by atoms with Crippen molar-refractivity contribution < 1.29 is 22.9 Å². The van der Waals surface area contributed by atoms with Crippen molar-refractivity contribution in [3.63, 3.8) is 0 Å². The maximum atomic E-state index is 13.2. The molecule has 1 aromatic heterocycles. The van der Waals surface area contributed by atoms with Crippen molar-refractivity contribution in [2.45, 2.75) is 70.0 Å². The third kappa shape index (κ3) is 5.45. The molecule has 0 saturated carbocycles. The molecule has 1 saturated heterocycles. The summed E-state index contributed by atoms with van der Waals surface area (Å²) >= 11 is 0. The van der Waals surface area contributed by atoms with Gasteiger partial charge in [-0.2, -0.15) is 4.57 Å². The summed E-state index contributed by atoms with van der Waals surface area (Å²) < 4.78 is 20.5. The van der Waals surface area contributed by atoms with Crippen molar-refractivity contribution in [3.8, 4) is 11.8 Å². The summed E-state index contributed by atoms with van der Waals surface area (Å²) in [6.07, 6.45) is 1.99. The highest BCUT2D eigenvalue weighted by molar-refractivity contribution is 6.74. The van der Waals surface area contributed by atoms with E-state index in [9.17, 15) is 4.79 Å². The van der Waals surface area contributed by atoms with Gasteiger partial charge in [-0.1, -0.05) is 118 Å². The topological polar surface area (TPSA) is 55.6 Å². The fourth-order valence-corrected chi connectivity index (χ4v) is 7.34. The number of Topliss-reactive ketones (excluding diaryl/α,β-unsaturated/α-hetero) is 1. The van der Waals surface area contributed by atoms with E-state index in [-0.39, 0.29) is 35.3 Å². The molecular formula is C39H43N2O4Si+. The summed E-state index contributed by atoms with van der Waals surface area (Å²) in [7, 11) is -0.453. The molecule has 6 rings (SSSR count). The Morgan fingerprint density at radius 3 is 1.93 bits per heavy atom. The average Bonchev–Trinajstić information content (AvgIpc) is 3.39. The molecule has 1 fully saturated rings. The smallest absolute Gasteiger partial charge is 0.367 e. The first-order chi connectivity index (χ1) is 22.0. The predicted octanol–water partition coefficient (Wildman–Crippen LogP) is 7.27. The number of ether oxygens (including phenoxy) is 1. The SMILES string of the molecule is CO/C(C(=O)C#CCO[Si](C)(C)C(C)(C)C)=C(\C)c1c[n+]2c(o1)[C@@H]1[C@H](C2)N1C(c1ccccc1)(c1ccccc1)c1ccccc1. The molecule has 0 spiro atoms. The minimum absolute atomic E-state index is 0.0659. The van der Waals surface area contributed by atoms with Crippen molar-refractivity contribution in [2.24, 2.45) is 0 Å². The van der Waals surface area contributed by atoms with Crippen molar-refractivity contribution in [1.29, 1.82) is 0 Å². The van der Waals surface area contributed by atoms with Gasteiger partial charge >= 0.3 is 5.89 Å². The largest absolute Gasteiger partial charge is 0.492 e. The number of nitrogens with zero attached hydrogens (tertiary/aromatic N) is 2. The monoisotopic (exact) mass is 631 g/mol. The third-order valence-corrected chi connectivity index (χ3v) is 14.4. The maximum absolute atomic E-state index is 13.2. The minimum Gasteiger partial charge on any atom is -0.492 e. The Kier molecular flexibility index (Phi) is 8.41. The molecule has 2 aliphatic heterocycles. The number of benzene rings is 3. The Labute approximate surface area is 273 Å². The van der Waals surface area contributed by atoms with Gasteiger partial charge in [0.15, 0.2) is 26.7 Å². The van der Waals surface area contributed by atoms with Crippen LogP contribution in [0.25, 0.3) is 5.57 Å². The highest BCUT2D eigenvalue weighted by Crippen LogP contribution is 2.59. The molecule has 0 aliphatic carbocycles. The second-order valence-corrected chi connectivity index (χ2v) is 18.5. The number of methoxy groups -OCH3 is 1. The lowest BCUT2D eigenvalue weighted by atomic mass is 9.76. The first kappa shape index (κ1) is 31.7. The highest BCUT2D eigenvalue weighted by Gasteiger charge is 2.70. The van der Waals surface area contributed by atoms with Gasteiger partial charge in [-0.05, 0) is 47.7 Å². The average molecular weight is 632 g/mol. The highest BCUT2D eigenvalue weighted by atomic mass is 28.4. The summed E-state index contributed by atoms with van der Waals surface area (Å²) in [5.74, 6) is 6.92. The molecule has 46 heavy (non-hydrogen) atoms. The number of carbonyl (C=O) groups is 1. The number of allylic oxidation sites excluding steroid dienone is 2. The predicted molar refractivity (Wildman–Crippen MR) is 182 cm³/mol. The molecule has 236 valence electrons. The van der Waals surface area contributed by atoms with Crippen LogP contribution in [0.1, 0.15) is 62.1 Å². The normalized spacial score (nSPS) is 19.3. The van der Waals surface area contributed by atoms with Crippen molar-refractivity contribution in [1.82, 2.24) is 4.90 Å². The van der Waals surface area contributed by atoms with E-state index in [0.29, 0.717) is 11.3 Å². The number of hydrogen-bond donors (Lipinski definition) is 0. The zero-order chi connectivity index (χ0) is 32.7. The van der Waals surface area contributed by atoms with Crippen LogP contribution in [0.5, 0.6) is 0 Å². The number of oxazole rings is 1. The van der Waals surface area contributed by atoms with Crippen LogP contribution in [0.3, 0.4) is 0 Å². The lowest BCUT2D eigenvalue weighted by Crippen LogP contribution is -2.45. The zero-order valence-corrected chi connectivity index (χ0v) is 28.8. The Morgan fingerprint density at radius 1 is 0.935 bits per heavy atom. The lowest BCUT2D eigenvalue weighted by molar-refractivity contribution is -0.700. The Bertz CT molecular complexity index is 1720. The van der Waals surface area contributed by atoms with E-state index in [1.807, 2.05) is 13.1 Å². The summed E-state index contributed by atoms with van der Waals surface area (Å²) in [6, 6.07) is 32.5. The van der Waals surface area contributed by atoms with E-state index in [0.717, 1.165) is 12.4 Å². The van der Waals surface area contributed by atoms with Crippen LogP contribution in [0.15, 0.2) is 107 Å². The zero-order valence-electron chi connectivity index (χ0n) is 27.8. The van der Waals surface area contributed by atoms with Crippen LogP contribution in [-0.4, -0.2) is 38.8 Å². The first-order valence-corrected chi connectivity index (χ1v) is 18.8. The molecule has 0 bridgehead atoms. The number of ketones is 1.